The Balaban J connectivity index is 3.21. The molecule has 0 radical (unpaired) electrons. The molecule has 0 spiro atoms. The van der Waals surface area contributed by atoms with Gasteiger partial charge in [-0.15, -0.1) is 35.3 Å². The van der Waals surface area contributed by atoms with Gasteiger partial charge in [0.25, 0.3) is 0 Å². The quantitative estimate of drug-likeness (QED) is 0.341. The predicted molar refractivity (Wildman–Crippen MR) is 73.5 cm³/mol. The van der Waals surface area contributed by atoms with E-state index < -0.39 is 0 Å². The minimum atomic E-state index is 0.759. The molecule has 0 aliphatic carbocycles. The first-order valence-corrected chi connectivity index (χ1v) is 6.92. The topological polar surface area (TPSA) is 0 Å². The maximum atomic E-state index is 5.57. The van der Waals surface area contributed by atoms with E-state index in [2.05, 4.69) is 30.6 Å². The van der Waals surface area contributed by atoms with E-state index in [0.29, 0.717) is 0 Å². The minimum Gasteiger partial charge on any atom is -0.127 e. The van der Waals surface area contributed by atoms with Crippen LogP contribution in [0.2, 0.25) is 0 Å². The van der Waals surface area contributed by atoms with Crippen molar-refractivity contribution in [1.82, 2.24) is 0 Å². The number of alkyl halides is 1. The van der Waals surface area contributed by atoms with Crippen molar-refractivity contribution in [3.8, 4) is 23.7 Å². The fourth-order valence-electron chi connectivity index (χ4n) is 1.19. The van der Waals surface area contributed by atoms with Gasteiger partial charge in [-0.25, -0.2) is 0 Å². The average Bonchev–Trinajstić information content (AvgIpc) is 2.31. The highest BCUT2D eigenvalue weighted by Gasteiger charge is 1.83. The molecule has 0 atom stereocenters. The first-order valence-electron chi connectivity index (χ1n) is 6.39. The summed E-state index contributed by atoms with van der Waals surface area (Å²) < 4.78 is 0. The Morgan fingerprint density at radius 1 is 0.688 bits per heavy atom. The smallest absolute Gasteiger partial charge is 0.0223 e. The second-order valence-corrected chi connectivity index (χ2v) is 4.19. The second-order valence-electron chi connectivity index (χ2n) is 3.81. The van der Waals surface area contributed by atoms with Crippen LogP contribution in [-0.4, -0.2) is 5.88 Å². The summed E-state index contributed by atoms with van der Waals surface area (Å²) in [6.45, 7) is 2.20. The number of hydrogen-bond acceptors (Lipinski definition) is 0. The summed E-state index contributed by atoms with van der Waals surface area (Å²) in [7, 11) is 0. The molecular formula is C15H23Cl. The third kappa shape index (κ3) is 13.4. The molecule has 0 saturated heterocycles. The van der Waals surface area contributed by atoms with Crippen LogP contribution in [0.15, 0.2) is 0 Å². The van der Waals surface area contributed by atoms with E-state index >= 15 is 0 Å². The van der Waals surface area contributed by atoms with Crippen LogP contribution in [0.1, 0.15) is 64.7 Å². The summed E-state index contributed by atoms with van der Waals surface area (Å²) in [5, 5.41) is 0. The van der Waals surface area contributed by atoms with Crippen molar-refractivity contribution in [3.63, 3.8) is 0 Å². The molecule has 1 heteroatoms. The van der Waals surface area contributed by atoms with Crippen LogP contribution in [-0.2, 0) is 0 Å². The van der Waals surface area contributed by atoms with Gasteiger partial charge >= 0.3 is 0 Å². The zero-order valence-electron chi connectivity index (χ0n) is 10.4. The van der Waals surface area contributed by atoms with E-state index in [4.69, 9.17) is 11.6 Å². The lowest BCUT2D eigenvalue weighted by Crippen LogP contribution is -1.75. The van der Waals surface area contributed by atoms with Crippen molar-refractivity contribution in [3.05, 3.63) is 0 Å². The Labute approximate surface area is 106 Å². The van der Waals surface area contributed by atoms with Gasteiger partial charge in [0.15, 0.2) is 0 Å². The summed E-state index contributed by atoms with van der Waals surface area (Å²) in [5.74, 6) is 13.5. The van der Waals surface area contributed by atoms with Gasteiger partial charge in [0.1, 0.15) is 0 Å². The van der Waals surface area contributed by atoms with Crippen LogP contribution < -0.4 is 0 Å². The molecule has 0 amide bonds. The van der Waals surface area contributed by atoms with Crippen LogP contribution in [0, 0.1) is 23.7 Å². The number of rotatable bonds is 7. The van der Waals surface area contributed by atoms with E-state index in [0.717, 1.165) is 50.8 Å². The van der Waals surface area contributed by atoms with Crippen LogP contribution >= 0.6 is 11.6 Å². The van der Waals surface area contributed by atoms with Gasteiger partial charge in [0, 0.05) is 31.6 Å². The van der Waals surface area contributed by atoms with E-state index in [-0.39, 0.29) is 0 Å². The lowest BCUT2D eigenvalue weighted by atomic mass is 10.2. The molecule has 0 aromatic carbocycles. The van der Waals surface area contributed by atoms with Crippen LogP contribution in [0.4, 0.5) is 0 Å². The van der Waals surface area contributed by atoms with E-state index in [9.17, 15) is 0 Å². The largest absolute Gasteiger partial charge is 0.127 e. The van der Waals surface area contributed by atoms with Crippen molar-refractivity contribution in [2.75, 3.05) is 5.88 Å². The molecule has 0 fully saturated rings. The van der Waals surface area contributed by atoms with Crippen molar-refractivity contribution in [2.45, 2.75) is 64.7 Å². The zero-order valence-corrected chi connectivity index (χ0v) is 11.2. The summed E-state index contributed by atoms with van der Waals surface area (Å²) in [6.07, 6.45) is 9.84. The maximum Gasteiger partial charge on any atom is 0.0223 e. The lowest BCUT2D eigenvalue weighted by Gasteiger charge is -1.88. The molecule has 0 unspecified atom stereocenters. The van der Waals surface area contributed by atoms with Crippen molar-refractivity contribution >= 4 is 11.6 Å². The lowest BCUT2D eigenvalue weighted by molar-refractivity contribution is 0.824. The molecule has 0 bridgehead atoms. The van der Waals surface area contributed by atoms with E-state index in [1.165, 1.54) is 12.8 Å². The number of unbranched alkanes of at least 4 members (excludes halogenated alkanes) is 6. The Kier molecular flexibility index (Phi) is 13.9. The normalized spacial score (nSPS) is 8.88. The Morgan fingerprint density at radius 2 is 1.19 bits per heavy atom. The maximum absolute atomic E-state index is 5.57. The van der Waals surface area contributed by atoms with Gasteiger partial charge in [-0.05, 0) is 25.7 Å². The molecule has 0 saturated carbocycles. The van der Waals surface area contributed by atoms with E-state index in [1.807, 2.05) is 0 Å². The molecule has 0 heterocycles. The summed E-state index contributed by atoms with van der Waals surface area (Å²) >= 11 is 5.57. The van der Waals surface area contributed by atoms with Gasteiger partial charge in [0.2, 0.25) is 0 Å². The van der Waals surface area contributed by atoms with Crippen LogP contribution in [0.3, 0.4) is 0 Å². The fourth-order valence-corrected chi connectivity index (χ4v) is 1.38. The molecule has 0 aromatic heterocycles. The molecule has 0 aromatic rings. The molecule has 0 aliphatic heterocycles. The molecular weight excluding hydrogens is 216 g/mol. The molecule has 16 heavy (non-hydrogen) atoms. The Bertz CT molecular complexity index is 246. The second kappa shape index (κ2) is 14.4. The SMILES string of the molecule is CCCCC#CCCCC#CCCCCCl. The average molecular weight is 239 g/mol. The molecule has 0 N–H and O–H groups in total. The third-order valence-electron chi connectivity index (χ3n) is 2.19. The highest BCUT2D eigenvalue weighted by Crippen LogP contribution is 1.97. The van der Waals surface area contributed by atoms with Crippen LogP contribution in [0.25, 0.3) is 0 Å². The standard InChI is InChI=1S/C15H23Cl/c1-2-3-4-5-6-7-8-9-10-11-12-13-14-15-16/h2-4,7-9,12-15H2,1H3. The molecule has 0 aliphatic rings. The summed E-state index contributed by atoms with van der Waals surface area (Å²) in [4.78, 5) is 0. The van der Waals surface area contributed by atoms with Gasteiger partial charge in [-0.3, -0.25) is 0 Å². The van der Waals surface area contributed by atoms with Crippen molar-refractivity contribution in [1.29, 1.82) is 0 Å². The summed E-state index contributed by atoms with van der Waals surface area (Å²) in [6, 6.07) is 0. The highest BCUT2D eigenvalue weighted by atomic mass is 35.5. The first kappa shape index (κ1) is 15.4. The zero-order chi connectivity index (χ0) is 11.9. The third-order valence-corrected chi connectivity index (χ3v) is 2.46. The predicted octanol–water partition coefficient (Wildman–Crippen LogP) is 4.76. The molecule has 90 valence electrons. The van der Waals surface area contributed by atoms with Crippen LogP contribution in [0.5, 0.6) is 0 Å². The number of hydrogen-bond donors (Lipinski definition) is 0. The Morgan fingerprint density at radius 3 is 1.69 bits per heavy atom. The van der Waals surface area contributed by atoms with Gasteiger partial charge < -0.3 is 0 Å². The van der Waals surface area contributed by atoms with E-state index in [1.54, 1.807) is 0 Å². The fraction of sp³-hybridized carbons (Fsp3) is 0.733. The van der Waals surface area contributed by atoms with Gasteiger partial charge in [-0.2, -0.15) is 0 Å². The highest BCUT2D eigenvalue weighted by molar-refractivity contribution is 6.17. The summed E-state index contributed by atoms with van der Waals surface area (Å²) in [5.41, 5.74) is 0. The van der Waals surface area contributed by atoms with Gasteiger partial charge in [0.05, 0.1) is 0 Å². The first-order chi connectivity index (χ1) is 7.91. The van der Waals surface area contributed by atoms with Crippen molar-refractivity contribution < 1.29 is 0 Å². The minimum absolute atomic E-state index is 0.759. The van der Waals surface area contributed by atoms with Gasteiger partial charge in [-0.1, -0.05) is 13.3 Å². The number of halogens is 1. The molecule has 0 nitrogen and oxygen atoms in total. The Hall–Kier alpha value is -0.590. The monoisotopic (exact) mass is 238 g/mol. The van der Waals surface area contributed by atoms with Crippen molar-refractivity contribution in [2.24, 2.45) is 0 Å². The molecule has 0 rings (SSSR count).